The highest BCUT2D eigenvalue weighted by atomic mass is 127. The Hall–Kier alpha value is -0.450. The second-order valence-electron chi connectivity index (χ2n) is 2.59. The Morgan fingerprint density at radius 2 is 2.08 bits per heavy atom. The highest BCUT2D eigenvalue weighted by Crippen LogP contribution is 2.18. The Morgan fingerprint density at radius 3 is 2.58 bits per heavy atom. The third kappa shape index (κ3) is 1.65. The van der Waals surface area contributed by atoms with Gasteiger partial charge in [0.2, 0.25) is 0 Å². The van der Waals surface area contributed by atoms with E-state index in [0.29, 0.717) is 5.56 Å². The van der Waals surface area contributed by atoms with Crippen LogP contribution in [0.5, 0.6) is 0 Å². The van der Waals surface area contributed by atoms with Crippen molar-refractivity contribution in [3.63, 3.8) is 0 Å². The van der Waals surface area contributed by atoms with E-state index in [1.807, 2.05) is 22.6 Å². The molecular weight excluding hydrogens is 270 g/mol. The molecule has 0 heterocycles. The molecule has 64 valence electrons. The van der Waals surface area contributed by atoms with Crippen molar-refractivity contribution < 1.29 is 9.18 Å². The normalized spacial score (nSPS) is 10.0. The summed E-state index contributed by atoms with van der Waals surface area (Å²) >= 11 is 2.04. The summed E-state index contributed by atoms with van der Waals surface area (Å²) < 4.78 is 14.1. The zero-order valence-corrected chi connectivity index (χ0v) is 8.98. The maximum absolute atomic E-state index is 13.3. The first kappa shape index (κ1) is 9.64. The van der Waals surface area contributed by atoms with Crippen LogP contribution in [-0.4, -0.2) is 5.78 Å². The molecule has 0 fully saturated rings. The van der Waals surface area contributed by atoms with Crippen molar-refractivity contribution in [3.8, 4) is 0 Å². The van der Waals surface area contributed by atoms with E-state index in [1.54, 1.807) is 13.0 Å². The molecule has 0 saturated carbocycles. The molecule has 0 amide bonds. The van der Waals surface area contributed by atoms with Gasteiger partial charge in [0.1, 0.15) is 5.82 Å². The van der Waals surface area contributed by atoms with Crippen molar-refractivity contribution in [2.75, 3.05) is 0 Å². The number of ketones is 1. The first-order valence-corrected chi connectivity index (χ1v) is 4.57. The maximum Gasteiger partial charge on any atom is 0.162 e. The standard InChI is InChI=1S/C9H8FIO/c1-5-8(11)4-3-7(6(2)12)9(5)10/h3-4H,1-2H3. The molecule has 0 aliphatic rings. The molecule has 1 aromatic rings. The van der Waals surface area contributed by atoms with Crippen LogP contribution in [0.15, 0.2) is 12.1 Å². The Labute approximate surface area is 84.1 Å². The summed E-state index contributed by atoms with van der Waals surface area (Å²) in [5.41, 5.74) is 0.719. The van der Waals surface area contributed by atoms with Crippen molar-refractivity contribution in [2.45, 2.75) is 13.8 Å². The van der Waals surface area contributed by atoms with Crippen molar-refractivity contribution in [1.82, 2.24) is 0 Å². The van der Waals surface area contributed by atoms with Crippen molar-refractivity contribution in [2.24, 2.45) is 0 Å². The van der Waals surface area contributed by atoms with Gasteiger partial charge >= 0.3 is 0 Å². The van der Waals surface area contributed by atoms with E-state index in [4.69, 9.17) is 0 Å². The topological polar surface area (TPSA) is 17.1 Å². The molecular formula is C9H8FIO. The molecule has 1 rings (SSSR count). The summed E-state index contributed by atoms with van der Waals surface area (Å²) in [7, 11) is 0. The van der Waals surface area contributed by atoms with E-state index in [9.17, 15) is 9.18 Å². The van der Waals surface area contributed by atoms with Crippen LogP contribution in [0.3, 0.4) is 0 Å². The summed E-state index contributed by atoms with van der Waals surface area (Å²) in [4.78, 5) is 10.9. The fourth-order valence-electron chi connectivity index (χ4n) is 0.933. The van der Waals surface area contributed by atoms with Gasteiger partial charge in [-0.2, -0.15) is 0 Å². The Balaban J connectivity index is 3.36. The first-order valence-electron chi connectivity index (χ1n) is 3.49. The zero-order valence-electron chi connectivity index (χ0n) is 6.82. The molecule has 1 aromatic carbocycles. The number of benzene rings is 1. The van der Waals surface area contributed by atoms with Gasteiger partial charge in [-0.1, -0.05) is 0 Å². The highest BCUT2D eigenvalue weighted by Gasteiger charge is 2.10. The smallest absolute Gasteiger partial charge is 0.162 e. The molecule has 0 saturated heterocycles. The van der Waals surface area contributed by atoms with Crippen LogP contribution in [0, 0.1) is 16.3 Å². The van der Waals surface area contributed by atoms with Crippen LogP contribution in [0.1, 0.15) is 22.8 Å². The van der Waals surface area contributed by atoms with Gasteiger partial charge in [-0.25, -0.2) is 4.39 Å². The average Bonchev–Trinajstić information content (AvgIpc) is 2.00. The van der Waals surface area contributed by atoms with E-state index in [0.717, 1.165) is 3.57 Å². The summed E-state index contributed by atoms with van der Waals surface area (Å²) in [6.07, 6.45) is 0. The molecule has 1 nitrogen and oxygen atoms in total. The van der Waals surface area contributed by atoms with E-state index < -0.39 is 5.82 Å². The predicted molar refractivity (Wildman–Crippen MR) is 53.9 cm³/mol. The van der Waals surface area contributed by atoms with Gasteiger partial charge in [0, 0.05) is 3.57 Å². The molecule has 0 aliphatic carbocycles. The summed E-state index contributed by atoms with van der Waals surface area (Å²) in [5.74, 6) is -0.624. The van der Waals surface area contributed by atoms with E-state index in [-0.39, 0.29) is 11.3 Å². The van der Waals surface area contributed by atoms with Gasteiger partial charge in [0.05, 0.1) is 5.56 Å². The van der Waals surface area contributed by atoms with Crippen molar-refractivity contribution in [1.29, 1.82) is 0 Å². The lowest BCUT2D eigenvalue weighted by Crippen LogP contribution is -2.00. The van der Waals surface area contributed by atoms with Crippen LogP contribution in [-0.2, 0) is 0 Å². The average molecular weight is 278 g/mol. The lowest BCUT2D eigenvalue weighted by atomic mass is 10.1. The number of hydrogen-bond acceptors (Lipinski definition) is 1. The van der Waals surface area contributed by atoms with Gasteiger partial charge in [0.15, 0.2) is 5.78 Å². The monoisotopic (exact) mass is 278 g/mol. The predicted octanol–water partition coefficient (Wildman–Crippen LogP) is 2.94. The molecule has 12 heavy (non-hydrogen) atoms. The molecule has 0 atom stereocenters. The van der Waals surface area contributed by atoms with E-state index in [1.165, 1.54) is 13.0 Å². The molecule has 0 spiro atoms. The molecule has 0 aromatic heterocycles. The number of halogens is 2. The number of carbonyl (C=O) groups excluding carboxylic acids is 1. The number of Topliss-reactive ketones (excluding diaryl/α,β-unsaturated/α-hetero) is 1. The second kappa shape index (κ2) is 3.51. The minimum absolute atomic E-state index is 0.174. The largest absolute Gasteiger partial charge is 0.294 e. The summed E-state index contributed by atoms with van der Waals surface area (Å²) in [6.45, 7) is 3.04. The molecule has 0 unspecified atom stereocenters. The van der Waals surface area contributed by atoms with Crippen LogP contribution < -0.4 is 0 Å². The third-order valence-corrected chi connectivity index (χ3v) is 2.87. The van der Waals surface area contributed by atoms with Gasteiger partial charge < -0.3 is 0 Å². The Morgan fingerprint density at radius 1 is 1.50 bits per heavy atom. The number of carbonyl (C=O) groups is 1. The van der Waals surface area contributed by atoms with Crippen LogP contribution in [0.2, 0.25) is 0 Å². The fourth-order valence-corrected chi connectivity index (χ4v) is 1.35. The van der Waals surface area contributed by atoms with E-state index >= 15 is 0 Å². The Bertz CT molecular complexity index is 334. The SMILES string of the molecule is CC(=O)c1ccc(I)c(C)c1F. The summed E-state index contributed by atoms with van der Waals surface area (Å²) in [6, 6.07) is 3.27. The van der Waals surface area contributed by atoms with E-state index in [2.05, 4.69) is 0 Å². The quantitative estimate of drug-likeness (QED) is 0.570. The lowest BCUT2D eigenvalue weighted by molar-refractivity contribution is 0.101. The van der Waals surface area contributed by atoms with Crippen molar-refractivity contribution >= 4 is 28.4 Å². The second-order valence-corrected chi connectivity index (χ2v) is 3.75. The first-order chi connectivity index (χ1) is 5.54. The lowest BCUT2D eigenvalue weighted by Gasteiger charge is -2.03. The third-order valence-electron chi connectivity index (χ3n) is 1.70. The summed E-state index contributed by atoms with van der Waals surface area (Å²) in [5, 5.41) is 0. The van der Waals surface area contributed by atoms with Crippen molar-refractivity contribution in [3.05, 3.63) is 32.6 Å². The molecule has 0 bridgehead atoms. The fraction of sp³-hybridized carbons (Fsp3) is 0.222. The van der Waals surface area contributed by atoms with Gasteiger partial charge in [0.25, 0.3) is 0 Å². The molecule has 3 heteroatoms. The van der Waals surface area contributed by atoms with Gasteiger partial charge in [-0.15, -0.1) is 0 Å². The van der Waals surface area contributed by atoms with Crippen LogP contribution in [0.25, 0.3) is 0 Å². The minimum Gasteiger partial charge on any atom is -0.294 e. The molecule has 0 aliphatic heterocycles. The molecule has 0 radical (unpaired) electrons. The van der Waals surface area contributed by atoms with Crippen LogP contribution in [0.4, 0.5) is 4.39 Å². The van der Waals surface area contributed by atoms with Crippen LogP contribution >= 0.6 is 22.6 Å². The zero-order chi connectivity index (χ0) is 9.30. The number of hydrogen-bond donors (Lipinski definition) is 0. The number of rotatable bonds is 1. The minimum atomic E-state index is -0.394. The van der Waals surface area contributed by atoms with Gasteiger partial charge in [-0.05, 0) is 54.1 Å². The molecule has 0 N–H and O–H groups in total. The van der Waals surface area contributed by atoms with Gasteiger partial charge in [-0.3, -0.25) is 4.79 Å². The Kier molecular flexibility index (Phi) is 2.82. The highest BCUT2D eigenvalue weighted by molar-refractivity contribution is 14.1. The maximum atomic E-state index is 13.3.